The highest BCUT2D eigenvalue weighted by molar-refractivity contribution is 9.10. The number of rotatable bonds is 6. The van der Waals surface area contributed by atoms with Gasteiger partial charge in [-0.2, -0.15) is 0 Å². The zero-order valence-electron chi connectivity index (χ0n) is 9.02. The van der Waals surface area contributed by atoms with Gasteiger partial charge in [0, 0.05) is 6.54 Å². The van der Waals surface area contributed by atoms with Crippen molar-refractivity contribution >= 4 is 15.9 Å². The summed E-state index contributed by atoms with van der Waals surface area (Å²) in [7, 11) is 0. The molecule has 0 spiro atoms. The first kappa shape index (κ1) is 12.7. The summed E-state index contributed by atoms with van der Waals surface area (Å²) in [6.45, 7) is 3.93. The van der Waals surface area contributed by atoms with E-state index in [-0.39, 0.29) is 5.82 Å². The van der Waals surface area contributed by atoms with Crippen molar-refractivity contribution in [2.24, 2.45) is 0 Å². The molecule has 0 aliphatic heterocycles. The van der Waals surface area contributed by atoms with Crippen LogP contribution in [0.15, 0.2) is 22.7 Å². The van der Waals surface area contributed by atoms with Crippen molar-refractivity contribution in [1.82, 2.24) is 5.32 Å². The Bertz CT molecular complexity index is 302. The van der Waals surface area contributed by atoms with E-state index in [1.165, 1.54) is 19.3 Å². The second-order valence-electron chi connectivity index (χ2n) is 3.63. The molecule has 1 rings (SSSR count). The minimum atomic E-state index is -0.192. The van der Waals surface area contributed by atoms with Crippen LogP contribution in [0.3, 0.4) is 0 Å². The van der Waals surface area contributed by atoms with Crippen molar-refractivity contribution in [2.75, 3.05) is 6.54 Å². The van der Waals surface area contributed by atoms with E-state index in [0.717, 1.165) is 18.7 Å². The first-order valence-electron chi connectivity index (χ1n) is 5.38. The molecule has 84 valence electrons. The molecule has 0 atom stereocenters. The van der Waals surface area contributed by atoms with Crippen LogP contribution in [0.2, 0.25) is 0 Å². The van der Waals surface area contributed by atoms with E-state index >= 15 is 0 Å². The van der Waals surface area contributed by atoms with E-state index in [1.807, 2.05) is 6.07 Å². The summed E-state index contributed by atoms with van der Waals surface area (Å²) in [6.07, 6.45) is 3.67. The van der Waals surface area contributed by atoms with Crippen LogP contribution in [-0.2, 0) is 6.54 Å². The van der Waals surface area contributed by atoms with Crippen LogP contribution in [0.25, 0.3) is 0 Å². The molecule has 0 unspecified atom stereocenters. The predicted octanol–water partition coefficient (Wildman–Crippen LogP) is 3.87. The molecule has 0 heterocycles. The van der Waals surface area contributed by atoms with E-state index in [0.29, 0.717) is 4.47 Å². The Morgan fingerprint density at radius 1 is 1.33 bits per heavy atom. The van der Waals surface area contributed by atoms with Crippen molar-refractivity contribution in [3.8, 4) is 0 Å². The molecule has 0 radical (unpaired) electrons. The van der Waals surface area contributed by atoms with Gasteiger partial charge in [0.05, 0.1) is 4.47 Å². The molecule has 0 bridgehead atoms. The maximum Gasteiger partial charge on any atom is 0.137 e. The molecule has 0 saturated heterocycles. The van der Waals surface area contributed by atoms with Crippen molar-refractivity contribution in [1.29, 1.82) is 0 Å². The average molecular weight is 274 g/mol. The molecule has 0 aliphatic rings. The van der Waals surface area contributed by atoms with Crippen LogP contribution in [-0.4, -0.2) is 6.54 Å². The van der Waals surface area contributed by atoms with Gasteiger partial charge in [0.15, 0.2) is 0 Å². The van der Waals surface area contributed by atoms with Gasteiger partial charge in [-0.25, -0.2) is 4.39 Å². The smallest absolute Gasteiger partial charge is 0.137 e. The van der Waals surface area contributed by atoms with E-state index in [4.69, 9.17) is 0 Å². The standard InChI is InChI=1S/C12H17BrFN/c1-2-3-4-7-15-9-10-5-6-11(13)12(14)8-10/h5-6,8,15H,2-4,7,9H2,1H3. The van der Waals surface area contributed by atoms with Crippen molar-refractivity contribution < 1.29 is 4.39 Å². The van der Waals surface area contributed by atoms with E-state index in [2.05, 4.69) is 28.2 Å². The molecule has 1 nitrogen and oxygen atoms in total. The number of unbranched alkanes of at least 4 members (excludes halogenated alkanes) is 2. The molecular weight excluding hydrogens is 257 g/mol. The summed E-state index contributed by atoms with van der Waals surface area (Å²) in [5.74, 6) is -0.192. The molecule has 1 N–H and O–H groups in total. The summed E-state index contributed by atoms with van der Waals surface area (Å²) in [4.78, 5) is 0. The summed E-state index contributed by atoms with van der Waals surface area (Å²) < 4.78 is 13.7. The second-order valence-corrected chi connectivity index (χ2v) is 4.49. The SMILES string of the molecule is CCCCCNCc1ccc(Br)c(F)c1. The van der Waals surface area contributed by atoms with Gasteiger partial charge >= 0.3 is 0 Å². The highest BCUT2D eigenvalue weighted by Gasteiger charge is 1.99. The summed E-state index contributed by atoms with van der Waals surface area (Å²) in [5.41, 5.74) is 0.993. The van der Waals surface area contributed by atoms with Crippen molar-refractivity contribution in [3.05, 3.63) is 34.1 Å². The normalized spacial score (nSPS) is 10.6. The first-order chi connectivity index (χ1) is 7.24. The molecule has 0 saturated carbocycles. The highest BCUT2D eigenvalue weighted by atomic mass is 79.9. The lowest BCUT2D eigenvalue weighted by atomic mass is 10.2. The second kappa shape index (κ2) is 6.96. The molecule has 15 heavy (non-hydrogen) atoms. The topological polar surface area (TPSA) is 12.0 Å². The lowest BCUT2D eigenvalue weighted by molar-refractivity contribution is 0.601. The third-order valence-corrected chi connectivity index (χ3v) is 2.91. The highest BCUT2D eigenvalue weighted by Crippen LogP contribution is 2.16. The fourth-order valence-corrected chi connectivity index (χ4v) is 1.63. The predicted molar refractivity (Wildman–Crippen MR) is 65.3 cm³/mol. The summed E-state index contributed by atoms with van der Waals surface area (Å²) in [6, 6.07) is 5.25. The van der Waals surface area contributed by atoms with Gasteiger partial charge in [0.2, 0.25) is 0 Å². The van der Waals surface area contributed by atoms with Crippen LogP contribution in [0.1, 0.15) is 31.7 Å². The monoisotopic (exact) mass is 273 g/mol. The van der Waals surface area contributed by atoms with Gasteiger partial charge in [-0.05, 0) is 46.6 Å². The number of benzene rings is 1. The lowest BCUT2D eigenvalue weighted by Gasteiger charge is -2.05. The zero-order valence-corrected chi connectivity index (χ0v) is 10.6. The first-order valence-corrected chi connectivity index (χ1v) is 6.18. The molecule has 3 heteroatoms. The van der Waals surface area contributed by atoms with E-state index < -0.39 is 0 Å². The number of nitrogens with one attached hydrogen (secondary N) is 1. The Morgan fingerprint density at radius 2 is 2.13 bits per heavy atom. The Kier molecular flexibility index (Phi) is 5.88. The van der Waals surface area contributed by atoms with Crippen LogP contribution in [0.4, 0.5) is 4.39 Å². The van der Waals surface area contributed by atoms with Crippen molar-refractivity contribution in [2.45, 2.75) is 32.7 Å². The fourth-order valence-electron chi connectivity index (χ4n) is 1.38. The molecule has 1 aromatic carbocycles. The minimum Gasteiger partial charge on any atom is -0.313 e. The maximum atomic E-state index is 13.1. The fraction of sp³-hybridized carbons (Fsp3) is 0.500. The summed E-state index contributed by atoms with van der Waals surface area (Å²) in [5, 5.41) is 3.30. The largest absolute Gasteiger partial charge is 0.313 e. The molecule has 0 aromatic heterocycles. The zero-order chi connectivity index (χ0) is 11.1. The van der Waals surface area contributed by atoms with Gasteiger partial charge in [0.25, 0.3) is 0 Å². The number of halogens is 2. The average Bonchev–Trinajstić information content (AvgIpc) is 2.23. The van der Waals surface area contributed by atoms with Gasteiger partial charge in [-0.15, -0.1) is 0 Å². The van der Waals surface area contributed by atoms with Crippen LogP contribution >= 0.6 is 15.9 Å². The third kappa shape index (κ3) is 4.76. The van der Waals surface area contributed by atoms with Gasteiger partial charge in [-0.1, -0.05) is 25.8 Å². The quantitative estimate of drug-likeness (QED) is 0.776. The number of hydrogen-bond acceptors (Lipinski definition) is 1. The molecule has 0 fully saturated rings. The summed E-state index contributed by atoms with van der Waals surface area (Å²) >= 11 is 3.14. The maximum absolute atomic E-state index is 13.1. The molecule has 0 aliphatic carbocycles. The molecule has 0 amide bonds. The Morgan fingerprint density at radius 3 is 2.80 bits per heavy atom. The lowest BCUT2D eigenvalue weighted by Crippen LogP contribution is -2.14. The van der Waals surface area contributed by atoms with E-state index in [1.54, 1.807) is 12.1 Å². The Labute approximate surface area is 99.2 Å². The molecular formula is C12H17BrFN. The number of hydrogen-bond donors (Lipinski definition) is 1. The Hall–Kier alpha value is -0.410. The van der Waals surface area contributed by atoms with E-state index in [9.17, 15) is 4.39 Å². The third-order valence-electron chi connectivity index (χ3n) is 2.27. The molecule has 1 aromatic rings. The van der Waals surface area contributed by atoms with Gasteiger partial charge < -0.3 is 5.32 Å². The van der Waals surface area contributed by atoms with Crippen molar-refractivity contribution in [3.63, 3.8) is 0 Å². The van der Waals surface area contributed by atoms with Crippen LogP contribution in [0.5, 0.6) is 0 Å². The van der Waals surface area contributed by atoms with Crippen LogP contribution < -0.4 is 5.32 Å². The van der Waals surface area contributed by atoms with Gasteiger partial charge in [-0.3, -0.25) is 0 Å². The van der Waals surface area contributed by atoms with Gasteiger partial charge in [0.1, 0.15) is 5.82 Å². The van der Waals surface area contributed by atoms with Crippen LogP contribution in [0, 0.1) is 5.82 Å². The Balaban J connectivity index is 2.28. The minimum absolute atomic E-state index is 0.192.